The third-order valence-corrected chi connectivity index (χ3v) is 4.79. The number of fused-ring (bicyclic) bond motifs is 1. The van der Waals surface area contributed by atoms with E-state index in [0.717, 1.165) is 15.9 Å². The minimum Gasteiger partial charge on any atom is -0.481 e. The number of thiazole rings is 1. The van der Waals surface area contributed by atoms with E-state index in [0.29, 0.717) is 25.7 Å². The summed E-state index contributed by atoms with van der Waals surface area (Å²) >= 11 is 1.53. The maximum absolute atomic E-state index is 12.0. The van der Waals surface area contributed by atoms with Gasteiger partial charge in [-0.3, -0.25) is 4.79 Å². The van der Waals surface area contributed by atoms with Gasteiger partial charge < -0.3 is 15.7 Å². The van der Waals surface area contributed by atoms with Gasteiger partial charge in [-0.2, -0.15) is 0 Å². The van der Waals surface area contributed by atoms with Gasteiger partial charge in [0.15, 0.2) is 0 Å². The fourth-order valence-corrected chi connectivity index (χ4v) is 3.49. The van der Waals surface area contributed by atoms with Crippen LogP contribution in [-0.2, 0) is 4.79 Å². The molecule has 1 aromatic heterocycles. The normalized spacial score (nSPS) is 21.5. The van der Waals surface area contributed by atoms with Crippen LogP contribution in [0.25, 0.3) is 10.2 Å². The monoisotopic (exact) mass is 319 g/mol. The van der Waals surface area contributed by atoms with Crippen LogP contribution in [0.2, 0.25) is 0 Å². The number of urea groups is 1. The first-order valence-electron chi connectivity index (χ1n) is 7.25. The first-order chi connectivity index (χ1) is 10.6. The van der Waals surface area contributed by atoms with Gasteiger partial charge in [0.2, 0.25) is 0 Å². The highest BCUT2D eigenvalue weighted by atomic mass is 32.1. The fraction of sp³-hybridized carbons (Fsp3) is 0.400. The van der Waals surface area contributed by atoms with Crippen molar-refractivity contribution in [3.05, 3.63) is 23.7 Å². The van der Waals surface area contributed by atoms with Crippen molar-refractivity contribution in [3.8, 4) is 0 Å². The molecule has 6 nitrogen and oxygen atoms in total. The number of carboxylic acids is 1. The molecule has 0 unspecified atom stereocenters. The molecular weight excluding hydrogens is 302 g/mol. The first kappa shape index (κ1) is 14.8. The van der Waals surface area contributed by atoms with E-state index in [4.69, 9.17) is 5.11 Å². The second-order valence-corrected chi connectivity index (χ2v) is 6.41. The Morgan fingerprint density at radius 2 is 2.00 bits per heavy atom. The van der Waals surface area contributed by atoms with Gasteiger partial charge in [-0.1, -0.05) is 0 Å². The van der Waals surface area contributed by atoms with Crippen molar-refractivity contribution < 1.29 is 14.7 Å². The Labute approximate surface area is 131 Å². The van der Waals surface area contributed by atoms with Gasteiger partial charge >= 0.3 is 12.0 Å². The molecule has 0 aliphatic heterocycles. The molecule has 1 aliphatic rings. The quantitative estimate of drug-likeness (QED) is 0.811. The molecule has 0 bridgehead atoms. The minimum absolute atomic E-state index is 0.0442. The second-order valence-electron chi connectivity index (χ2n) is 5.52. The number of amides is 2. The molecule has 22 heavy (non-hydrogen) atoms. The molecule has 1 aromatic carbocycles. The zero-order valence-electron chi connectivity index (χ0n) is 11.9. The number of carbonyl (C=O) groups is 2. The highest BCUT2D eigenvalue weighted by Crippen LogP contribution is 2.25. The Balaban J connectivity index is 1.53. The average molecular weight is 319 g/mol. The van der Waals surface area contributed by atoms with E-state index in [1.54, 1.807) is 5.51 Å². The minimum atomic E-state index is -0.735. The lowest BCUT2D eigenvalue weighted by atomic mass is 9.86. The molecule has 0 radical (unpaired) electrons. The fourth-order valence-electron chi connectivity index (χ4n) is 2.77. The topological polar surface area (TPSA) is 91.3 Å². The SMILES string of the molecule is O=C(Nc1ccc2ncsc2c1)NC1CCC(C(=O)O)CC1. The van der Waals surface area contributed by atoms with Crippen LogP contribution in [0.4, 0.5) is 10.5 Å². The number of nitrogens with zero attached hydrogens (tertiary/aromatic N) is 1. The summed E-state index contributed by atoms with van der Waals surface area (Å²) in [5.41, 5.74) is 3.42. The van der Waals surface area contributed by atoms with Crippen LogP contribution < -0.4 is 10.6 Å². The lowest BCUT2D eigenvalue weighted by Gasteiger charge is -2.26. The van der Waals surface area contributed by atoms with Gasteiger partial charge in [0.25, 0.3) is 0 Å². The Morgan fingerprint density at radius 3 is 2.73 bits per heavy atom. The molecule has 0 saturated heterocycles. The predicted molar refractivity (Wildman–Crippen MR) is 85.2 cm³/mol. The first-order valence-corrected chi connectivity index (χ1v) is 8.13. The Morgan fingerprint density at radius 1 is 1.23 bits per heavy atom. The summed E-state index contributed by atoms with van der Waals surface area (Å²) in [6, 6.07) is 5.39. The van der Waals surface area contributed by atoms with Crippen molar-refractivity contribution in [2.45, 2.75) is 31.7 Å². The van der Waals surface area contributed by atoms with Gasteiger partial charge in [-0.25, -0.2) is 9.78 Å². The van der Waals surface area contributed by atoms with E-state index in [2.05, 4.69) is 15.6 Å². The Hall–Kier alpha value is -2.15. The van der Waals surface area contributed by atoms with Gasteiger partial charge in [0, 0.05) is 11.7 Å². The highest BCUT2D eigenvalue weighted by Gasteiger charge is 2.26. The third-order valence-electron chi connectivity index (χ3n) is 4.00. The molecular formula is C15H17N3O3S. The molecule has 0 atom stereocenters. The predicted octanol–water partition coefficient (Wildman–Crippen LogP) is 3.06. The molecule has 1 fully saturated rings. The summed E-state index contributed by atoms with van der Waals surface area (Å²) in [6.07, 6.45) is 2.65. The number of benzene rings is 1. The maximum atomic E-state index is 12.0. The molecule has 1 aliphatic carbocycles. The van der Waals surface area contributed by atoms with Crippen molar-refractivity contribution in [3.63, 3.8) is 0 Å². The molecule has 1 heterocycles. The molecule has 2 amide bonds. The number of aromatic nitrogens is 1. The maximum Gasteiger partial charge on any atom is 0.319 e. The van der Waals surface area contributed by atoms with Crippen LogP contribution in [-0.4, -0.2) is 28.1 Å². The number of rotatable bonds is 3. The molecule has 7 heteroatoms. The average Bonchev–Trinajstić information content (AvgIpc) is 2.95. The van der Waals surface area contributed by atoms with Crippen LogP contribution in [0.15, 0.2) is 23.7 Å². The zero-order chi connectivity index (χ0) is 15.5. The molecule has 0 spiro atoms. The van der Waals surface area contributed by atoms with Gasteiger partial charge in [0.1, 0.15) is 0 Å². The molecule has 2 aromatic rings. The van der Waals surface area contributed by atoms with Gasteiger partial charge in [-0.15, -0.1) is 11.3 Å². The van der Waals surface area contributed by atoms with E-state index in [9.17, 15) is 9.59 Å². The lowest BCUT2D eigenvalue weighted by Crippen LogP contribution is -2.40. The number of carboxylic acid groups (broad SMARTS) is 1. The summed E-state index contributed by atoms with van der Waals surface area (Å²) in [4.78, 5) is 27.1. The largest absolute Gasteiger partial charge is 0.481 e. The van der Waals surface area contributed by atoms with E-state index in [1.165, 1.54) is 11.3 Å². The Bertz CT molecular complexity index is 692. The summed E-state index contributed by atoms with van der Waals surface area (Å²) in [7, 11) is 0. The number of nitrogens with one attached hydrogen (secondary N) is 2. The number of aliphatic carboxylic acids is 1. The summed E-state index contributed by atoms with van der Waals surface area (Å²) in [5.74, 6) is -1.00. The summed E-state index contributed by atoms with van der Waals surface area (Å²) in [6.45, 7) is 0. The van der Waals surface area contributed by atoms with Crippen LogP contribution in [0, 0.1) is 5.92 Å². The van der Waals surface area contributed by atoms with Crippen LogP contribution in [0.3, 0.4) is 0 Å². The van der Waals surface area contributed by atoms with Gasteiger partial charge in [0.05, 0.1) is 21.6 Å². The molecule has 3 rings (SSSR count). The van der Waals surface area contributed by atoms with E-state index < -0.39 is 5.97 Å². The number of carbonyl (C=O) groups excluding carboxylic acids is 1. The standard InChI is InChI=1S/C15H17N3O3S/c19-14(20)9-1-3-10(4-2-9)17-15(21)18-11-5-6-12-13(7-11)22-8-16-12/h5-10H,1-4H2,(H,19,20)(H2,17,18,21). The van der Waals surface area contributed by atoms with Crippen LogP contribution in [0.5, 0.6) is 0 Å². The van der Waals surface area contributed by atoms with Crippen molar-refractivity contribution in [2.24, 2.45) is 5.92 Å². The highest BCUT2D eigenvalue weighted by molar-refractivity contribution is 7.16. The number of hydrogen-bond acceptors (Lipinski definition) is 4. The zero-order valence-corrected chi connectivity index (χ0v) is 12.7. The summed E-state index contributed by atoms with van der Waals surface area (Å²) < 4.78 is 1.03. The molecule has 1 saturated carbocycles. The summed E-state index contributed by atoms with van der Waals surface area (Å²) in [5, 5.41) is 14.7. The molecule has 3 N–H and O–H groups in total. The number of hydrogen-bond donors (Lipinski definition) is 3. The smallest absolute Gasteiger partial charge is 0.319 e. The van der Waals surface area contributed by atoms with Crippen molar-refractivity contribution >= 4 is 39.2 Å². The number of anilines is 1. The third kappa shape index (κ3) is 3.36. The van der Waals surface area contributed by atoms with Crippen LogP contribution in [0.1, 0.15) is 25.7 Å². The van der Waals surface area contributed by atoms with E-state index >= 15 is 0 Å². The molecule has 116 valence electrons. The lowest BCUT2D eigenvalue weighted by molar-refractivity contribution is -0.142. The van der Waals surface area contributed by atoms with Crippen molar-refractivity contribution in [1.82, 2.24) is 10.3 Å². The van der Waals surface area contributed by atoms with Gasteiger partial charge in [-0.05, 0) is 43.9 Å². The Kier molecular flexibility index (Phi) is 4.24. The van der Waals surface area contributed by atoms with Crippen molar-refractivity contribution in [2.75, 3.05) is 5.32 Å². The second kappa shape index (κ2) is 6.31. The van der Waals surface area contributed by atoms with E-state index in [1.807, 2.05) is 18.2 Å². The van der Waals surface area contributed by atoms with Crippen LogP contribution >= 0.6 is 11.3 Å². The van der Waals surface area contributed by atoms with Crippen molar-refractivity contribution in [1.29, 1.82) is 0 Å². The van der Waals surface area contributed by atoms with E-state index in [-0.39, 0.29) is 18.0 Å².